The normalized spacial score (nSPS) is 14.4. The molecule has 7 heteroatoms. The number of fused-ring (bicyclic) bond motifs is 1. The van der Waals surface area contributed by atoms with Gasteiger partial charge in [0.15, 0.2) is 0 Å². The van der Waals surface area contributed by atoms with Crippen molar-refractivity contribution in [1.82, 2.24) is 4.57 Å². The molecule has 2 aromatic carbocycles. The molecule has 144 valence electrons. The van der Waals surface area contributed by atoms with Crippen molar-refractivity contribution in [2.24, 2.45) is 0 Å². The van der Waals surface area contributed by atoms with E-state index in [1.165, 1.54) is 6.20 Å². The van der Waals surface area contributed by atoms with Gasteiger partial charge in [-0.15, -0.1) is 0 Å². The monoisotopic (exact) mass is 381 g/mol. The molecule has 2 heterocycles. The number of nitrogens with two attached hydrogens (primary N) is 1. The molecule has 0 aliphatic carbocycles. The number of anilines is 2. The number of benzene rings is 2. The smallest absolute Gasteiger partial charge is 0.341 e. The Hall–Kier alpha value is -3.35. The first-order valence-corrected chi connectivity index (χ1v) is 9.19. The largest absolute Gasteiger partial charge is 0.477 e. The van der Waals surface area contributed by atoms with Gasteiger partial charge in [0, 0.05) is 36.0 Å². The van der Waals surface area contributed by atoms with E-state index in [2.05, 4.69) is 0 Å². The van der Waals surface area contributed by atoms with Crippen molar-refractivity contribution in [1.29, 1.82) is 0 Å². The van der Waals surface area contributed by atoms with Crippen molar-refractivity contribution < 1.29 is 14.3 Å². The van der Waals surface area contributed by atoms with E-state index in [1.807, 2.05) is 4.90 Å². The van der Waals surface area contributed by atoms with Crippen molar-refractivity contribution >= 4 is 28.2 Å². The number of aromatic carboxylic acids is 1. The van der Waals surface area contributed by atoms with Crippen LogP contribution in [0, 0.1) is 5.82 Å². The summed E-state index contributed by atoms with van der Waals surface area (Å²) in [7, 11) is 0. The average Bonchev–Trinajstić information content (AvgIpc) is 2.69. The fourth-order valence-corrected chi connectivity index (χ4v) is 3.71. The number of rotatable bonds is 3. The molecule has 6 nitrogen and oxygen atoms in total. The van der Waals surface area contributed by atoms with Crippen LogP contribution >= 0.6 is 0 Å². The Morgan fingerprint density at radius 3 is 2.39 bits per heavy atom. The van der Waals surface area contributed by atoms with Crippen LogP contribution in [-0.2, 0) is 0 Å². The molecule has 0 radical (unpaired) electrons. The van der Waals surface area contributed by atoms with Crippen LogP contribution in [0.3, 0.4) is 0 Å². The fraction of sp³-hybridized carbons (Fsp3) is 0.238. The minimum absolute atomic E-state index is 0.0370. The molecule has 1 aliphatic rings. The Kier molecular flexibility index (Phi) is 4.50. The van der Waals surface area contributed by atoms with Crippen molar-refractivity contribution in [3.05, 3.63) is 64.2 Å². The highest BCUT2D eigenvalue weighted by molar-refractivity contribution is 5.94. The lowest BCUT2D eigenvalue weighted by Gasteiger charge is -2.29. The Labute approximate surface area is 160 Å². The minimum Gasteiger partial charge on any atom is -0.477 e. The molecular formula is C21H20FN3O3. The standard InChI is InChI=1S/C21H20FN3O3/c22-17-10-15-18(11-19(17)24-8-2-1-3-9-24)25(12-16(20(15)26)21(27)28)14-6-4-13(23)5-7-14/h4-7,10-12H,1-3,8-9,23H2,(H,27,28). The number of pyridine rings is 1. The van der Waals surface area contributed by atoms with Gasteiger partial charge in [-0.25, -0.2) is 9.18 Å². The highest BCUT2D eigenvalue weighted by atomic mass is 19.1. The first-order valence-electron chi connectivity index (χ1n) is 9.19. The zero-order valence-electron chi connectivity index (χ0n) is 15.2. The maximum Gasteiger partial charge on any atom is 0.341 e. The quantitative estimate of drug-likeness (QED) is 0.679. The van der Waals surface area contributed by atoms with Crippen LogP contribution in [0.2, 0.25) is 0 Å². The van der Waals surface area contributed by atoms with Crippen LogP contribution < -0.4 is 16.1 Å². The van der Waals surface area contributed by atoms with Gasteiger partial charge in [0.1, 0.15) is 11.4 Å². The first-order chi connectivity index (χ1) is 13.5. The van der Waals surface area contributed by atoms with Crippen molar-refractivity contribution in [3.63, 3.8) is 0 Å². The van der Waals surface area contributed by atoms with E-state index in [9.17, 15) is 19.1 Å². The first kappa shape index (κ1) is 18.0. The van der Waals surface area contributed by atoms with E-state index in [1.54, 1.807) is 34.9 Å². The molecule has 0 atom stereocenters. The maximum absolute atomic E-state index is 14.9. The molecule has 1 aromatic heterocycles. The van der Waals surface area contributed by atoms with Gasteiger partial charge in [-0.3, -0.25) is 4.79 Å². The Morgan fingerprint density at radius 1 is 1.07 bits per heavy atom. The van der Waals surface area contributed by atoms with E-state index in [0.29, 0.717) is 22.6 Å². The molecule has 4 rings (SSSR count). The van der Waals surface area contributed by atoms with Gasteiger partial charge < -0.3 is 20.3 Å². The summed E-state index contributed by atoms with van der Waals surface area (Å²) in [4.78, 5) is 26.2. The van der Waals surface area contributed by atoms with Crippen molar-refractivity contribution in [2.45, 2.75) is 19.3 Å². The molecule has 0 unspecified atom stereocenters. The molecule has 0 saturated carbocycles. The van der Waals surface area contributed by atoms with Gasteiger partial charge >= 0.3 is 5.97 Å². The number of carboxylic acid groups (broad SMARTS) is 1. The van der Waals surface area contributed by atoms with Crippen LogP contribution in [0.15, 0.2) is 47.4 Å². The lowest BCUT2D eigenvalue weighted by molar-refractivity contribution is 0.0695. The number of carboxylic acids is 1. The summed E-state index contributed by atoms with van der Waals surface area (Å²) in [5.74, 6) is -1.87. The number of nitrogens with zero attached hydrogens (tertiary/aromatic N) is 2. The van der Waals surface area contributed by atoms with Crippen LogP contribution in [0.5, 0.6) is 0 Å². The SMILES string of the molecule is Nc1ccc(-n2cc(C(=O)O)c(=O)c3cc(F)c(N4CCCCC4)cc32)cc1. The van der Waals surface area contributed by atoms with Gasteiger partial charge in [0.25, 0.3) is 0 Å². The summed E-state index contributed by atoms with van der Waals surface area (Å²) >= 11 is 0. The number of hydrogen-bond donors (Lipinski definition) is 2. The van der Waals surface area contributed by atoms with E-state index in [-0.39, 0.29) is 5.39 Å². The lowest BCUT2D eigenvalue weighted by atomic mass is 10.1. The van der Waals surface area contributed by atoms with E-state index in [0.717, 1.165) is 38.4 Å². The summed E-state index contributed by atoms with van der Waals surface area (Å²) < 4.78 is 16.5. The molecule has 1 saturated heterocycles. The van der Waals surface area contributed by atoms with Gasteiger partial charge in [0.05, 0.1) is 11.2 Å². The number of halogens is 1. The fourth-order valence-electron chi connectivity index (χ4n) is 3.71. The van der Waals surface area contributed by atoms with Gasteiger partial charge in [-0.05, 0) is 55.7 Å². The second kappa shape index (κ2) is 6.99. The van der Waals surface area contributed by atoms with Crippen molar-refractivity contribution in [3.8, 4) is 5.69 Å². The molecular weight excluding hydrogens is 361 g/mol. The van der Waals surface area contributed by atoms with Crippen LogP contribution in [0.4, 0.5) is 15.8 Å². The number of piperidine rings is 1. The topological polar surface area (TPSA) is 88.6 Å². The number of aromatic nitrogens is 1. The van der Waals surface area contributed by atoms with E-state index < -0.39 is 22.8 Å². The Bertz CT molecular complexity index is 1120. The van der Waals surface area contributed by atoms with Crippen molar-refractivity contribution in [2.75, 3.05) is 23.7 Å². The lowest BCUT2D eigenvalue weighted by Crippen LogP contribution is -2.30. The second-order valence-electron chi connectivity index (χ2n) is 7.01. The third-order valence-corrected chi connectivity index (χ3v) is 5.17. The van der Waals surface area contributed by atoms with Crippen LogP contribution in [-0.4, -0.2) is 28.7 Å². The molecule has 28 heavy (non-hydrogen) atoms. The summed E-state index contributed by atoms with van der Waals surface area (Å²) in [5.41, 5.74) is 6.74. The highest BCUT2D eigenvalue weighted by Crippen LogP contribution is 2.29. The number of hydrogen-bond acceptors (Lipinski definition) is 4. The molecule has 0 bridgehead atoms. The minimum atomic E-state index is -1.35. The van der Waals surface area contributed by atoms with E-state index >= 15 is 0 Å². The summed E-state index contributed by atoms with van der Waals surface area (Å²) in [6.07, 6.45) is 4.38. The molecule has 1 aliphatic heterocycles. The maximum atomic E-state index is 14.9. The molecule has 3 aromatic rings. The summed E-state index contributed by atoms with van der Waals surface area (Å²) in [6.45, 7) is 1.50. The average molecular weight is 381 g/mol. The predicted molar refractivity (Wildman–Crippen MR) is 107 cm³/mol. The molecule has 1 fully saturated rings. The van der Waals surface area contributed by atoms with Gasteiger partial charge in [-0.2, -0.15) is 0 Å². The Balaban J connectivity index is 2.01. The van der Waals surface area contributed by atoms with Gasteiger partial charge in [0.2, 0.25) is 5.43 Å². The third kappa shape index (κ3) is 3.09. The zero-order chi connectivity index (χ0) is 19.8. The third-order valence-electron chi connectivity index (χ3n) is 5.17. The number of carbonyl (C=O) groups is 1. The summed E-state index contributed by atoms with van der Waals surface area (Å²) in [6, 6.07) is 9.63. The second-order valence-corrected chi connectivity index (χ2v) is 7.01. The molecule has 0 amide bonds. The molecule has 3 N–H and O–H groups in total. The van der Waals surface area contributed by atoms with Crippen LogP contribution in [0.25, 0.3) is 16.6 Å². The summed E-state index contributed by atoms with van der Waals surface area (Å²) in [5, 5.41) is 9.47. The van der Waals surface area contributed by atoms with Crippen LogP contribution in [0.1, 0.15) is 29.6 Å². The van der Waals surface area contributed by atoms with E-state index in [4.69, 9.17) is 5.73 Å². The Morgan fingerprint density at radius 2 is 1.75 bits per heavy atom. The predicted octanol–water partition coefficient (Wildman–Crippen LogP) is 3.40. The zero-order valence-corrected chi connectivity index (χ0v) is 15.2. The molecule has 0 spiro atoms. The van der Waals surface area contributed by atoms with Gasteiger partial charge in [-0.1, -0.05) is 0 Å². The number of nitrogen functional groups attached to an aromatic ring is 1. The highest BCUT2D eigenvalue weighted by Gasteiger charge is 2.21.